The first-order valence-electron chi connectivity index (χ1n) is 3.75. The first-order valence-corrected chi connectivity index (χ1v) is 3.75. The van der Waals surface area contributed by atoms with Crippen LogP contribution in [0.25, 0.3) is 0 Å². The molecule has 0 aliphatic heterocycles. The van der Waals surface area contributed by atoms with Gasteiger partial charge in [0, 0.05) is 19.8 Å². The van der Waals surface area contributed by atoms with Gasteiger partial charge in [0.15, 0.2) is 0 Å². The summed E-state index contributed by atoms with van der Waals surface area (Å²) in [4.78, 5) is 0. The van der Waals surface area contributed by atoms with Crippen molar-refractivity contribution in [3.8, 4) is 0 Å². The number of nitrogens with one attached hydrogen (secondary N) is 1. The fraction of sp³-hybridized carbons (Fsp3) is 1.00. The van der Waals surface area contributed by atoms with E-state index in [1.807, 2.05) is 0 Å². The van der Waals surface area contributed by atoms with Gasteiger partial charge in [0.05, 0.1) is 6.54 Å². The molecule has 1 unspecified atom stereocenters. The Hall–Kier alpha value is -0.290. The van der Waals surface area contributed by atoms with E-state index in [0.29, 0.717) is 13.0 Å². The molecule has 0 aromatic rings. The summed E-state index contributed by atoms with van der Waals surface area (Å²) < 4.78 is 39.7. The molecule has 2 nitrogen and oxygen atoms in total. The van der Waals surface area contributed by atoms with Crippen molar-refractivity contribution < 1.29 is 17.9 Å². The highest BCUT2D eigenvalue weighted by atomic mass is 19.4. The third kappa shape index (κ3) is 7.81. The molecule has 12 heavy (non-hydrogen) atoms. The van der Waals surface area contributed by atoms with Gasteiger partial charge in [0.2, 0.25) is 0 Å². The summed E-state index contributed by atoms with van der Waals surface area (Å²) in [6.45, 7) is 1.24. The van der Waals surface area contributed by atoms with Crippen molar-refractivity contribution in [2.45, 2.75) is 25.6 Å². The molecule has 0 spiro atoms. The molecule has 0 saturated carbocycles. The van der Waals surface area contributed by atoms with Gasteiger partial charge in [-0.3, -0.25) is 0 Å². The van der Waals surface area contributed by atoms with Gasteiger partial charge in [-0.2, -0.15) is 13.2 Å². The minimum absolute atomic E-state index is 0.161. The van der Waals surface area contributed by atoms with Crippen molar-refractivity contribution in [2.24, 2.45) is 0 Å². The van der Waals surface area contributed by atoms with E-state index in [1.54, 1.807) is 6.92 Å². The second-order valence-electron chi connectivity index (χ2n) is 2.68. The van der Waals surface area contributed by atoms with Crippen LogP contribution in [0.4, 0.5) is 13.2 Å². The van der Waals surface area contributed by atoms with Crippen LogP contribution in [0.5, 0.6) is 0 Å². The molecule has 0 aromatic carbocycles. The number of halogens is 3. The van der Waals surface area contributed by atoms with E-state index in [-0.39, 0.29) is 6.04 Å². The van der Waals surface area contributed by atoms with Crippen molar-refractivity contribution in [2.75, 3.05) is 20.3 Å². The van der Waals surface area contributed by atoms with E-state index >= 15 is 0 Å². The van der Waals surface area contributed by atoms with Crippen LogP contribution in [0, 0.1) is 0 Å². The molecule has 0 saturated heterocycles. The van der Waals surface area contributed by atoms with E-state index in [1.165, 1.54) is 7.11 Å². The predicted octanol–water partition coefficient (Wildman–Crippen LogP) is 1.56. The van der Waals surface area contributed by atoms with E-state index in [2.05, 4.69) is 5.32 Å². The maximum atomic E-state index is 11.6. The molecule has 1 atom stereocenters. The molecule has 0 bridgehead atoms. The monoisotopic (exact) mass is 185 g/mol. The van der Waals surface area contributed by atoms with Gasteiger partial charge in [-0.15, -0.1) is 0 Å². The van der Waals surface area contributed by atoms with Gasteiger partial charge in [-0.05, 0) is 13.3 Å². The topological polar surface area (TPSA) is 21.3 Å². The lowest BCUT2D eigenvalue weighted by Crippen LogP contribution is -2.35. The Bertz CT molecular complexity index is 116. The highest BCUT2D eigenvalue weighted by molar-refractivity contribution is 4.63. The summed E-state index contributed by atoms with van der Waals surface area (Å²) >= 11 is 0. The molecule has 1 N–H and O–H groups in total. The smallest absolute Gasteiger partial charge is 0.385 e. The highest BCUT2D eigenvalue weighted by Crippen LogP contribution is 2.12. The molecule has 0 amide bonds. The third-order valence-electron chi connectivity index (χ3n) is 1.41. The third-order valence-corrected chi connectivity index (χ3v) is 1.41. The first-order chi connectivity index (χ1) is 5.45. The lowest BCUT2D eigenvalue weighted by atomic mass is 10.2. The van der Waals surface area contributed by atoms with Gasteiger partial charge < -0.3 is 10.1 Å². The Morgan fingerprint density at radius 1 is 1.42 bits per heavy atom. The van der Waals surface area contributed by atoms with Crippen molar-refractivity contribution in [1.29, 1.82) is 0 Å². The molecule has 0 aliphatic carbocycles. The lowest BCUT2D eigenvalue weighted by Gasteiger charge is -2.14. The molecule has 0 aliphatic rings. The van der Waals surface area contributed by atoms with Crippen molar-refractivity contribution in [3.05, 3.63) is 0 Å². The maximum Gasteiger partial charge on any atom is 0.401 e. The van der Waals surface area contributed by atoms with Gasteiger partial charge in [-0.25, -0.2) is 0 Å². The van der Waals surface area contributed by atoms with Crippen molar-refractivity contribution in [3.63, 3.8) is 0 Å². The number of alkyl halides is 3. The zero-order valence-electron chi connectivity index (χ0n) is 7.24. The number of hydrogen-bond donors (Lipinski definition) is 1. The second-order valence-corrected chi connectivity index (χ2v) is 2.68. The van der Waals surface area contributed by atoms with Crippen LogP contribution in [0.2, 0.25) is 0 Å². The van der Waals surface area contributed by atoms with E-state index in [4.69, 9.17) is 4.74 Å². The van der Waals surface area contributed by atoms with Crippen molar-refractivity contribution >= 4 is 0 Å². The molecule has 0 heterocycles. The van der Waals surface area contributed by atoms with Gasteiger partial charge in [0.1, 0.15) is 0 Å². The van der Waals surface area contributed by atoms with Crippen LogP contribution < -0.4 is 5.32 Å². The second kappa shape index (κ2) is 5.37. The van der Waals surface area contributed by atoms with Crippen LogP contribution in [0.1, 0.15) is 13.3 Å². The van der Waals surface area contributed by atoms with Crippen LogP contribution in [0.3, 0.4) is 0 Å². The summed E-state index contributed by atoms with van der Waals surface area (Å²) in [7, 11) is 1.52. The number of ether oxygens (including phenoxy) is 1. The Balaban J connectivity index is 3.37. The molecule has 5 heteroatoms. The van der Waals surface area contributed by atoms with Crippen LogP contribution in [0.15, 0.2) is 0 Å². The Morgan fingerprint density at radius 2 is 2.00 bits per heavy atom. The summed E-state index contributed by atoms with van der Waals surface area (Å²) in [6, 6.07) is -0.161. The minimum Gasteiger partial charge on any atom is -0.385 e. The maximum absolute atomic E-state index is 11.6. The first kappa shape index (κ1) is 11.7. The Labute approximate surface area is 70.1 Å². The molecule has 0 radical (unpaired) electrons. The van der Waals surface area contributed by atoms with Crippen LogP contribution >= 0.6 is 0 Å². The van der Waals surface area contributed by atoms with Crippen LogP contribution in [-0.2, 0) is 4.74 Å². The average molecular weight is 185 g/mol. The molecule has 0 fully saturated rings. The predicted molar refractivity (Wildman–Crippen MR) is 40.0 cm³/mol. The number of methoxy groups -OCH3 is 1. The highest BCUT2D eigenvalue weighted by Gasteiger charge is 2.26. The molecule has 0 rings (SSSR count). The zero-order chi connectivity index (χ0) is 9.61. The van der Waals surface area contributed by atoms with E-state index in [0.717, 1.165) is 0 Å². The number of rotatable bonds is 5. The zero-order valence-corrected chi connectivity index (χ0v) is 7.24. The average Bonchev–Trinajstić information content (AvgIpc) is 1.95. The summed E-state index contributed by atoms with van der Waals surface area (Å²) in [5, 5.41) is 2.35. The largest absolute Gasteiger partial charge is 0.401 e. The molecule has 74 valence electrons. The summed E-state index contributed by atoms with van der Waals surface area (Å²) in [6.07, 6.45) is -3.53. The number of hydrogen-bond acceptors (Lipinski definition) is 2. The molecular weight excluding hydrogens is 171 g/mol. The molecule has 0 aromatic heterocycles. The summed E-state index contributed by atoms with van der Waals surface area (Å²) in [5.74, 6) is 0. The SMILES string of the molecule is COCCC(C)NCC(F)(F)F. The molecular formula is C7H14F3NO. The van der Waals surface area contributed by atoms with Gasteiger partial charge in [-0.1, -0.05) is 0 Å². The lowest BCUT2D eigenvalue weighted by molar-refractivity contribution is -0.126. The Kier molecular flexibility index (Phi) is 5.24. The van der Waals surface area contributed by atoms with E-state index in [9.17, 15) is 13.2 Å². The standard InChI is InChI=1S/C7H14F3NO/c1-6(3-4-12-2)11-5-7(8,9)10/h6,11H,3-5H2,1-2H3. The fourth-order valence-corrected chi connectivity index (χ4v) is 0.687. The van der Waals surface area contributed by atoms with E-state index < -0.39 is 12.7 Å². The van der Waals surface area contributed by atoms with Crippen molar-refractivity contribution in [1.82, 2.24) is 5.32 Å². The van der Waals surface area contributed by atoms with Gasteiger partial charge >= 0.3 is 6.18 Å². The van der Waals surface area contributed by atoms with Gasteiger partial charge in [0.25, 0.3) is 0 Å². The normalized spacial score (nSPS) is 14.8. The minimum atomic E-state index is -4.12. The van der Waals surface area contributed by atoms with Crippen LogP contribution in [-0.4, -0.2) is 32.5 Å². The quantitative estimate of drug-likeness (QED) is 0.701. The summed E-state index contributed by atoms with van der Waals surface area (Å²) in [5.41, 5.74) is 0. The fourth-order valence-electron chi connectivity index (χ4n) is 0.687. The Morgan fingerprint density at radius 3 is 2.42 bits per heavy atom.